The third-order valence-corrected chi connectivity index (χ3v) is 5.54. The van der Waals surface area contributed by atoms with Crippen LogP contribution >= 0.6 is 0 Å². The number of benzene rings is 1. The molecular weight excluding hydrogens is 384 g/mol. The Labute approximate surface area is 161 Å². The molecule has 0 spiro atoms. The first-order chi connectivity index (χ1) is 13.2. The highest BCUT2D eigenvalue weighted by Gasteiger charge is 2.22. The number of nitrogens with zero attached hydrogens (tertiary/aromatic N) is 1. The molecule has 0 bridgehead atoms. The predicted octanol–water partition coefficient (Wildman–Crippen LogP) is 2.51. The van der Waals surface area contributed by atoms with Gasteiger partial charge in [0.05, 0.1) is 17.4 Å². The van der Waals surface area contributed by atoms with Gasteiger partial charge in [-0.25, -0.2) is 18.0 Å². The number of furan rings is 1. The van der Waals surface area contributed by atoms with Gasteiger partial charge in [0, 0.05) is 11.7 Å². The van der Waals surface area contributed by atoms with Crippen molar-refractivity contribution in [2.45, 2.75) is 31.7 Å². The van der Waals surface area contributed by atoms with Crippen LogP contribution in [0.2, 0.25) is 0 Å². The molecule has 0 unspecified atom stereocenters. The second kappa shape index (κ2) is 7.39. The number of nitrogens with one attached hydrogen (secondary N) is 3. The van der Waals surface area contributed by atoms with Crippen LogP contribution in [0.4, 0.5) is 10.5 Å². The quantitative estimate of drug-likeness (QED) is 0.602. The molecule has 0 saturated heterocycles. The van der Waals surface area contributed by atoms with Crippen molar-refractivity contribution < 1.29 is 17.6 Å². The Morgan fingerprint density at radius 1 is 1.25 bits per heavy atom. The van der Waals surface area contributed by atoms with Crippen LogP contribution in [0.3, 0.4) is 0 Å². The summed E-state index contributed by atoms with van der Waals surface area (Å²) >= 11 is 0. The van der Waals surface area contributed by atoms with Crippen LogP contribution in [-0.2, 0) is 10.0 Å². The fourth-order valence-electron chi connectivity index (χ4n) is 2.59. The molecule has 0 aliphatic heterocycles. The van der Waals surface area contributed by atoms with E-state index in [4.69, 9.17) is 4.42 Å². The highest BCUT2D eigenvalue weighted by molar-refractivity contribution is 7.90. The zero-order valence-corrected chi connectivity index (χ0v) is 16.3. The van der Waals surface area contributed by atoms with Crippen molar-refractivity contribution in [1.82, 2.24) is 14.3 Å². The molecule has 3 N–H and O–H groups in total. The van der Waals surface area contributed by atoms with Gasteiger partial charge in [-0.2, -0.15) is 3.97 Å². The van der Waals surface area contributed by atoms with Gasteiger partial charge in [-0.3, -0.25) is 0 Å². The average Bonchev–Trinajstić information content (AvgIpc) is 3.25. The van der Waals surface area contributed by atoms with Crippen LogP contribution in [0, 0.1) is 6.92 Å². The summed E-state index contributed by atoms with van der Waals surface area (Å²) < 4.78 is 31.6. The van der Waals surface area contributed by atoms with Gasteiger partial charge in [-0.1, -0.05) is 0 Å². The van der Waals surface area contributed by atoms with Crippen LogP contribution in [0.1, 0.15) is 19.4 Å². The molecule has 0 radical (unpaired) electrons. The zero-order chi connectivity index (χ0) is 20.5. The Kier molecular flexibility index (Phi) is 5.14. The van der Waals surface area contributed by atoms with E-state index in [0.717, 1.165) is 0 Å². The van der Waals surface area contributed by atoms with E-state index in [2.05, 4.69) is 15.6 Å². The van der Waals surface area contributed by atoms with Gasteiger partial charge in [0.15, 0.2) is 5.76 Å². The maximum absolute atomic E-state index is 12.9. The first kappa shape index (κ1) is 19.5. The third-order valence-electron chi connectivity index (χ3n) is 3.90. The molecular formula is C18H20N4O5S. The monoisotopic (exact) mass is 404 g/mol. The second-order valence-electron chi connectivity index (χ2n) is 6.48. The fourth-order valence-corrected chi connectivity index (χ4v) is 3.89. The van der Waals surface area contributed by atoms with E-state index in [-0.39, 0.29) is 16.6 Å². The van der Waals surface area contributed by atoms with Crippen molar-refractivity contribution in [1.29, 1.82) is 0 Å². The number of urea groups is 1. The molecule has 1 aromatic carbocycles. The molecule has 0 saturated carbocycles. The lowest BCUT2D eigenvalue weighted by atomic mass is 10.2. The van der Waals surface area contributed by atoms with Gasteiger partial charge in [0.25, 0.3) is 10.0 Å². The summed E-state index contributed by atoms with van der Waals surface area (Å²) in [7, 11) is -4.12. The second-order valence-corrected chi connectivity index (χ2v) is 8.30. The van der Waals surface area contributed by atoms with Crippen LogP contribution in [0.5, 0.6) is 0 Å². The van der Waals surface area contributed by atoms with Gasteiger partial charge in [0.1, 0.15) is 5.69 Å². The minimum absolute atomic E-state index is 0.0382. The van der Waals surface area contributed by atoms with E-state index in [1.54, 1.807) is 19.1 Å². The standard InChI is InChI=1S/C18H20N4O5S/c1-11(2)19-17(23)20-14-7-6-13(9-12(14)3)28(25,26)22-10-15(21-18(22)24)16-5-4-8-27-16/h4-11H,1-3H3,(H,21,24)(H2,19,20,23). The minimum atomic E-state index is -4.12. The van der Waals surface area contributed by atoms with Crippen molar-refractivity contribution in [3.05, 3.63) is 58.8 Å². The molecule has 0 atom stereocenters. The Morgan fingerprint density at radius 3 is 2.61 bits per heavy atom. The van der Waals surface area contributed by atoms with Crippen molar-refractivity contribution >= 4 is 21.7 Å². The number of hydrogen-bond donors (Lipinski definition) is 3. The Balaban J connectivity index is 1.92. The maximum atomic E-state index is 12.9. The number of hydrogen-bond acceptors (Lipinski definition) is 5. The smallest absolute Gasteiger partial charge is 0.340 e. The largest absolute Gasteiger partial charge is 0.463 e. The molecule has 28 heavy (non-hydrogen) atoms. The van der Waals surface area contributed by atoms with Gasteiger partial charge >= 0.3 is 11.7 Å². The highest BCUT2D eigenvalue weighted by Crippen LogP contribution is 2.22. The van der Waals surface area contributed by atoms with Crippen LogP contribution in [0.25, 0.3) is 11.5 Å². The predicted molar refractivity (Wildman–Crippen MR) is 104 cm³/mol. The molecule has 3 rings (SSSR count). The summed E-state index contributed by atoms with van der Waals surface area (Å²) in [5, 5.41) is 5.35. The first-order valence-electron chi connectivity index (χ1n) is 8.48. The fraction of sp³-hybridized carbons (Fsp3) is 0.222. The van der Waals surface area contributed by atoms with Gasteiger partial charge < -0.3 is 20.0 Å². The number of carbonyl (C=O) groups excluding carboxylic acids is 1. The molecule has 2 heterocycles. The van der Waals surface area contributed by atoms with E-state index >= 15 is 0 Å². The Bertz CT molecular complexity index is 1160. The SMILES string of the molecule is Cc1cc(S(=O)(=O)n2cc(-c3ccco3)[nH]c2=O)ccc1NC(=O)NC(C)C. The van der Waals surface area contributed by atoms with Crippen LogP contribution < -0.4 is 16.3 Å². The lowest BCUT2D eigenvalue weighted by molar-refractivity contribution is 0.250. The van der Waals surface area contributed by atoms with Gasteiger partial charge in [-0.15, -0.1) is 0 Å². The average molecular weight is 404 g/mol. The number of amides is 2. The van der Waals surface area contributed by atoms with E-state index in [0.29, 0.717) is 21.0 Å². The molecule has 148 valence electrons. The maximum Gasteiger partial charge on any atom is 0.340 e. The normalized spacial score (nSPS) is 11.6. The summed E-state index contributed by atoms with van der Waals surface area (Å²) in [4.78, 5) is 26.4. The summed E-state index contributed by atoms with van der Waals surface area (Å²) in [6.45, 7) is 5.32. The van der Waals surface area contributed by atoms with Gasteiger partial charge in [-0.05, 0) is 56.7 Å². The lowest BCUT2D eigenvalue weighted by Gasteiger charge is -2.13. The zero-order valence-electron chi connectivity index (χ0n) is 15.5. The molecule has 0 aliphatic rings. The number of aryl methyl sites for hydroxylation is 1. The van der Waals surface area contributed by atoms with E-state index in [1.165, 1.54) is 30.7 Å². The topological polar surface area (TPSA) is 126 Å². The number of anilines is 1. The number of imidazole rings is 1. The molecule has 10 heteroatoms. The van der Waals surface area contributed by atoms with Crippen LogP contribution in [0.15, 0.2) is 56.9 Å². The molecule has 3 aromatic rings. The first-order valence-corrected chi connectivity index (χ1v) is 9.92. The lowest BCUT2D eigenvalue weighted by Crippen LogP contribution is -2.34. The summed E-state index contributed by atoms with van der Waals surface area (Å²) in [6, 6.07) is 7.01. The third kappa shape index (κ3) is 3.86. The number of aromatic amines is 1. The summed E-state index contributed by atoms with van der Waals surface area (Å²) in [6.07, 6.45) is 2.60. The molecule has 0 aliphatic carbocycles. The molecule has 2 aromatic heterocycles. The van der Waals surface area contributed by atoms with Crippen LogP contribution in [-0.4, -0.2) is 29.4 Å². The number of aromatic nitrogens is 2. The summed E-state index contributed by atoms with van der Waals surface area (Å²) in [5.74, 6) is 0.345. The van der Waals surface area contributed by atoms with E-state index < -0.39 is 21.7 Å². The number of H-pyrrole nitrogens is 1. The number of rotatable bonds is 5. The minimum Gasteiger partial charge on any atom is -0.463 e. The van der Waals surface area contributed by atoms with E-state index in [1.807, 2.05) is 13.8 Å². The Hall–Kier alpha value is -3.27. The number of carbonyl (C=O) groups is 1. The van der Waals surface area contributed by atoms with Crippen molar-refractivity contribution in [2.75, 3.05) is 5.32 Å². The summed E-state index contributed by atoms with van der Waals surface area (Å²) in [5.41, 5.74) is 0.450. The van der Waals surface area contributed by atoms with Gasteiger partial charge in [0.2, 0.25) is 0 Å². The Morgan fingerprint density at radius 2 is 2.00 bits per heavy atom. The molecule has 9 nitrogen and oxygen atoms in total. The van der Waals surface area contributed by atoms with E-state index in [9.17, 15) is 18.0 Å². The highest BCUT2D eigenvalue weighted by atomic mass is 32.2. The molecule has 0 fully saturated rings. The van der Waals surface area contributed by atoms with Crippen molar-refractivity contribution in [3.63, 3.8) is 0 Å². The van der Waals surface area contributed by atoms with Crippen molar-refractivity contribution in [2.24, 2.45) is 0 Å². The molecule has 2 amide bonds. The van der Waals surface area contributed by atoms with Crippen molar-refractivity contribution in [3.8, 4) is 11.5 Å².